The summed E-state index contributed by atoms with van der Waals surface area (Å²) >= 11 is 1.88. The van der Waals surface area contributed by atoms with Gasteiger partial charge in [-0.2, -0.15) is 0 Å². The highest BCUT2D eigenvalue weighted by molar-refractivity contribution is 7.11. The average molecular weight is 401 g/mol. The van der Waals surface area contributed by atoms with Crippen molar-refractivity contribution in [2.24, 2.45) is 0 Å². The van der Waals surface area contributed by atoms with E-state index in [1.54, 1.807) is 0 Å². The molecule has 0 saturated carbocycles. The van der Waals surface area contributed by atoms with E-state index in [0.29, 0.717) is 6.54 Å². The van der Waals surface area contributed by atoms with Crippen molar-refractivity contribution >= 4 is 17.2 Å². The lowest BCUT2D eigenvalue weighted by atomic mass is 9.88. The van der Waals surface area contributed by atoms with Crippen LogP contribution in [0.5, 0.6) is 0 Å². The molecule has 2 aromatic heterocycles. The van der Waals surface area contributed by atoms with Crippen LogP contribution in [0.25, 0.3) is 0 Å². The van der Waals surface area contributed by atoms with Crippen LogP contribution >= 0.6 is 11.3 Å². The molecule has 0 bridgehead atoms. The molecule has 2 fully saturated rings. The zero-order valence-electron chi connectivity index (χ0n) is 16.5. The summed E-state index contributed by atoms with van der Waals surface area (Å²) in [5, 5.41) is 0. The largest absolute Gasteiger partial charge is 0.352 e. The summed E-state index contributed by atoms with van der Waals surface area (Å²) in [6.07, 6.45) is 7.46. The number of hydrogen-bond donors (Lipinski definition) is 0. The zero-order chi connectivity index (χ0) is 19.1. The molecule has 2 aromatic rings. The van der Waals surface area contributed by atoms with Gasteiger partial charge >= 0.3 is 0 Å². The number of carbonyl (C=O) groups is 1. The Balaban J connectivity index is 1.31. The summed E-state index contributed by atoms with van der Waals surface area (Å²) in [7, 11) is 0. The summed E-state index contributed by atoms with van der Waals surface area (Å²) in [5.74, 6) is 1.16. The minimum Gasteiger partial charge on any atom is -0.352 e. The van der Waals surface area contributed by atoms with Crippen molar-refractivity contribution < 1.29 is 9.53 Å². The number of fused-ring (bicyclic) bond motifs is 2. The summed E-state index contributed by atoms with van der Waals surface area (Å²) in [4.78, 5) is 24.9. The minimum atomic E-state index is -0.427. The first kappa shape index (κ1) is 18.3. The van der Waals surface area contributed by atoms with Crippen LogP contribution in [-0.4, -0.2) is 57.5 Å². The molecular weight excluding hydrogens is 372 g/mol. The van der Waals surface area contributed by atoms with E-state index in [1.165, 1.54) is 9.75 Å². The predicted molar refractivity (Wildman–Crippen MR) is 108 cm³/mol. The number of imidazole rings is 1. The first-order valence-corrected chi connectivity index (χ1v) is 11.2. The maximum atomic E-state index is 13.0. The van der Waals surface area contributed by atoms with Crippen LogP contribution < -0.4 is 0 Å². The van der Waals surface area contributed by atoms with Crippen LogP contribution in [0.15, 0.2) is 24.5 Å². The standard InChI is InChI=1S/C21H28N4O2S/c1-16-4-5-17(28-16)14-23-11-6-21(7-12-23)20-22-8-13-25(20)15-18(27-21)19(26)24-9-2-3-10-24/h4-5,8,13,18H,2-3,6-7,9-12,14-15H2,1H3. The van der Waals surface area contributed by atoms with E-state index in [9.17, 15) is 4.79 Å². The van der Waals surface area contributed by atoms with Gasteiger partial charge in [0.1, 0.15) is 11.4 Å². The van der Waals surface area contributed by atoms with Crippen LogP contribution in [0.1, 0.15) is 41.3 Å². The number of hydrogen-bond acceptors (Lipinski definition) is 5. The van der Waals surface area contributed by atoms with Crippen molar-refractivity contribution in [2.75, 3.05) is 26.2 Å². The second-order valence-electron chi connectivity index (χ2n) is 8.32. The second kappa shape index (κ2) is 7.28. The van der Waals surface area contributed by atoms with E-state index in [2.05, 4.69) is 33.5 Å². The molecule has 3 aliphatic heterocycles. The lowest BCUT2D eigenvalue weighted by Gasteiger charge is -2.46. The van der Waals surface area contributed by atoms with Crippen LogP contribution in [0, 0.1) is 6.92 Å². The monoisotopic (exact) mass is 400 g/mol. The van der Waals surface area contributed by atoms with Gasteiger partial charge in [0.15, 0.2) is 6.10 Å². The zero-order valence-corrected chi connectivity index (χ0v) is 17.3. The first-order valence-electron chi connectivity index (χ1n) is 10.4. The van der Waals surface area contributed by atoms with Gasteiger partial charge in [0.05, 0.1) is 6.54 Å². The number of piperidine rings is 1. The predicted octanol–water partition coefficient (Wildman–Crippen LogP) is 2.77. The summed E-state index contributed by atoms with van der Waals surface area (Å²) in [6, 6.07) is 4.43. The summed E-state index contributed by atoms with van der Waals surface area (Å²) in [6.45, 7) is 7.42. The molecule has 5 rings (SSSR count). The molecule has 0 aliphatic carbocycles. The Hall–Kier alpha value is -1.70. The summed E-state index contributed by atoms with van der Waals surface area (Å²) in [5.41, 5.74) is -0.427. The topological polar surface area (TPSA) is 50.6 Å². The highest BCUT2D eigenvalue weighted by atomic mass is 32.1. The number of carbonyl (C=O) groups excluding carboxylic acids is 1. The highest BCUT2D eigenvalue weighted by Crippen LogP contribution is 2.41. The molecule has 7 heteroatoms. The number of rotatable bonds is 3. The lowest BCUT2D eigenvalue weighted by molar-refractivity contribution is -0.180. The third kappa shape index (κ3) is 3.29. The van der Waals surface area contributed by atoms with Gasteiger partial charge in [0.2, 0.25) is 0 Å². The van der Waals surface area contributed by atoms with Gasteiger partial charge in [-0.05, 0) is 44.7 Å². The van der Waals surface area contributed by atoms with Crippen molar-refractivity contribution in [1.82, 2.24) is 19.4 Å². The number of amides is 1. The maximum Gasteiger partial charge on any atom is 0.253 e. The quantitative estimate of drug-likeness (QED) is 0.795. The van der Waals surface area contributed by atoms with Gasteiger partial charge in [-0.15, -0.1) is 11.3 Å². The Bertz CT molecular complexity index is 846. The van der Waals surface area contributed by atoms with Crippen molar-refractivity contribution in [3.8, 4) is 0 Å². The normalized spacial score (nSPS) is 24.6. The van der Waals surface area contributed by atoms with E-state index in [-0.39, 0.29) is 12.0 Å². The number of ether oxygens (including phenoxy) is 1. The number of nitrogens with zero attached hydrogens (tertiary/aromatic N) is 4. The molecule has 150 valence electrons. The lowest BCUT2D eigenvalue weighted by Crippen LogP contribution is -2.54. The molecule has 2 saturated heterocycles. The third-order valence-corrected chi connectivity index (χ3v) is 7.37. The first-order chi connectivity index (χ1) is 13.6. The van der Waals surface area contributed by atoms with Crippen molar-refractivity contribution in [2.45, 2.75) is 57.4 Å². The Morgan fingerprint density at radius 1 is 1.25 bits per heavy atom. The summed E-state index contributed by atoms with van der Waals surface area (Å²) < 4.78 is 8.73. The molecule has 1 spiro atoms. The van der Waals surface area contributed by atoms with E-state index >= 15 is 0 Å². The molecule has 0 aromatic carbocycles. The molecule has 6 nitrogen and oxygen atoms in total. The van der Waals surface area contributed by atoms with Crippen molar-refractivity contribution in [3.05, 3.63) is 40.1 Å². The molecule has 1 atom stereocenters. The Kier molecular flexibility index (Phi) is 4.77. The third-order valence-electron chi connectivity index (χ3n) is 6.39. The van der Waals surface area contributed by atoms with Crippen LogP contribution in [0.4, 0.5) is 0 Å². The van der Waals surface area contributed by atoms with E-state index < -0.39 is 5.60 Å². The second-order valence-corrected chi connectivity index (χ2v) is 9.70. The number of likely N-dealkylation sites (tertiary alicyclic amines) is 2. The van der Waals surface area contributed by atoms with Gasteiger partial charge in [-0.3, -0.25) is 9.69 Å². The minimum absolute atomic E-state index is 0.160. The highest BCUT2D eigenvalue weighted by Gasteiger charge is 2.47. The smallest absolute Gasteiger partial charge is 0.253 e. The van der Waals surface area contributed by atoms with Gasteiger partial charge in [0, 0.05) is 54.9 Å². The van der Waals surface area contributed by atoms with Gasteiger partial charge < -0.3 is 14.2 Å². The Morgan fingerprint density at radius 3 is 2.75 bits per heavy atom. The number of thiophene rings is 1. The molecule has 0 radical (unpaired) electrons. The van der Waals surface area contributed by atoms with Gasteiger partial charge in [-0.25, -0.2) is 4.98 Å². The van der Waals surface area contributed by atoms with Crippen LogP contribution in [-0.2, 0) is 28.2 Å². The Labute approximate surface area is 170 Å². The maximum absolute atomic E-state index is 13.0. The van der Waals surface area contributed by atoms with Crippen LogP contribution in [0.2, 0.25) is 0 Å². The van der Waals surface area contributed by atoms with E-state index in [4.69, 9.17) is 4.74 Å². The number of aryl methyl sites for hydroxylation is 1. The fourth-order valence-electron chi connectivity index (χ4n) is 4.87. The molecule has 28 heavy (non-hydrogen) atoms. The number of aromatic nitrogens is 2. The molecule has 0 N–H and O–H groups in total. The van der Waals surface area contributed by atoms with Gasteiger partial charge in [-0.1, -0.05) is 0 Å². The SMILES string of the molecule is Cc1ccc(CN2CCC3(CC2)OC(C(=O)N2CCCC2)Cn2ccnc23)s1. The molecule has 1 unspecified atom stereocenters. The fourth-order valence-corrected chi connectivity index (χ4v) is 5.80. The van der Waals surface area contributed by atoms with Crippen molar-refractivity contribution in [3.63, 3.8) is 0 Å². The van der Waals surface area contributed by atoms with E-state index in [0.717, 1.165) is 64.2 Å². The fraction of sp³-hybridized carbons (Fsp3) is 0.619. The van der Waals surface area contributed by atoms with Crippen molar-refractivity contribution in [1.29, 1.82) is 0 Å². The molecule has 3 aliphatic rings. The molecular formula is C21H28N4O2S. The molecule has 5 heterocycles. The van der Waals surface area contributed by atoms with Crippen LogP contribution in [0.3, 0.4) is 0 Å². The Morgan fingerprint density at radius 2 is 2.04 bits per heavy atom. The van der Waals surface area contributed by atoms with Gasteiger partial charge in [0.25, 0.3) is 5.91 Å². The average Bonchev–Trinajstić information content (AvgIpc) is 3.45. The van der Waals surface area contributed by atoms with E-state index in [1.807, 2.05) is 28.6 Å². The molecule has 1 amide bonds.